The molecule has 0 atom stereocenters. The Balaban J connectivity index is 1.63. The van der Waals surface area contributed by atoms with E-state index in [0.29, 0.717) is 25.9 Å². The first-order chi connectivity index (χ1) is 12.8. The molecule has 144 valence electrons. The first kappa shape index (κ1) is 20.0. The second-order valence-corrected chi connectivity index (χ2v) is 9.79. The lowest BCUT2D eigenvalue weighted by Crippen LogP contribution is -2.41. The van der Waals surface area contributed by atoms with E-state index in [9.17, 15) is 13.2 Å². The van der Waals surface area contributed by atoms with Crippen LogP contribution in [-0.2, 0) is 14.8 Å². The third-order valence-corrected chi connectivity index (χ3v) is 7.37. The standard InChI is InChI=1S/C20H23BrN2O3S/c1-14-3-4-15(2)19(13-14)22-20(24)16-9-11-23(12-10-16)27(25,26)18-7-5-17(21)6-8-18/h3-8,13,16H,9-12H2,1-2H3,(H,22,24). The monoisotopic (exact) mass is 450 g/mol. The van der Waals surface area contributed by atoms with Crippen LogP contribution in [0.5, 0.6) is 0 Å². The van der Waals surface area contributed by atoms with Crippen LogP contribution in [0.2, 0.25) is 0 Å². The van der Waals surface area contributed by atoms with E-state index in [1.54, 1.807) is 24.3 Å². The number of nitrogens with zero attached hydrogens (tertiary/aromatic N) is 1. The van der Waals surface area contributed by atoms with Crippen molar-refractivity contribution in [1.82, 2.24) is 4.31 Å². The number of nitrogens with one attached hydrogen (secondary N) is 1. The maximum atomic E-state index is 12.8. The predicted molar refractivity (Wildman–Crippen MR) is 110 cm³/mol. The average molecular weight is 451 g/mol. The Labute approximate surface area is 169 Å². The van der Waals surface area contributed by atoms with Crippen LogP contribution in [-0.4, -0.2) is 31.7 Å². The van der Waals surface area contributed by atoms with Crippen LogP contribution in [0.3, 0.4) is 0 Å². The van der Waals surface area contributed by atoms with Gasteiger partial charge in [-0.1, -0.05) is 28.1 Å². The molecule has 2 aromatic carbocycles. The Bertz CT molecular complexity index is 934. The molecule has 1 fully saturated rings. The summed E-state index contributed by atoms with van der Waals surface area (Å²) in [6, 6.07) is 12.6. The van der Waals surface area contributed by atoms with Crippen molar-refractivity contribution in [3.8, 4) is 0 Å². The number of anilines is 1. The molecule has 1 aliphatic heterocycles. The lowest BCUT2D eigenvalue weighted by molar-refractivity contribution is -0.120. The molecule has 1 aliphatic rings. The van der Waals surface area contributed by atoms with Gasteiger partial charge >= 0.3 is 0 Å². The molecule has 1 amide bonds. The summed E-state index contributed by atoms with van der Waals surface area (Å²) in [5, 5.41) is 3.00. The summed E-state index contributed by atoms with van der Waals surface area (Å²) in [5.74, 6) is -0.217. The van der Waals surface area contributed by atoms with Crippen molar-refractivity contribution >= 4 is 37.5 Å². The minimum absolute atomic E-state index is 0.0376. The van der Waals surface area contributed by atoms with E-state index in [1.807, 2.05) is 32.0 Å². The van der Waals surface area contributed by atoms with E-state index >= 15 is 0 Å². The Kier molecular flexibility index (Phi) is 6.03. The highest BCUT2D eigenvalue weighted by atomic mass is 79.9. The van der Waals surface area contributed by atoms with Gasteiger partial charge in [-0.05, 0) is 68.1 Å². The molecule has 3 rings (SSSR count). The quantitative estimate of drug-likeness (QED) is 0.761. The molecular formula is C20H23BrN2O3S. The molecule has 27 heavy (non-hydrogen) atoms. The Morgan fingerprint density at radius 1 is 1.07 bits per heavy atom. The van der Waals surface area contributed by atoms with E-state index in [4.69, 9.17) is 0 Å². The van der Waals surface area contributed by atoms with Gasteiger partial charge in [-0.15, -0.1) is 0 Å². The zero-order chi connectivity index (χ0) is 19.6. The molecule has 7 heteroatoms. The van der Waals surface area contributed by atoms with E-state index < -0.39 is 10.0 Å². The molecule has 0 bridgehead atoms. The van der Waals surface area contributed by atoms with Gasteiger partial charge in [0.15, 0.2) is 0 Å². The fourth-order valence-corrected chi connectivity index (χ4v) is 4.95. The molecule has 0 unspecified atom stereocenters. The predicted octanol–water partition coefficient (Wildman–Crippen LogP) is 4.11. The first-order valence-electron chi connectivity index (χ1n) is 8.91. The molecule has 5 nitrogen and oxygen atoms in total. The van der Waals surface area contributed by atoms with Gasteiger partial charge < -0.3 is 5.32 Å². The zero-order valence-corrected chi connectivity index (χ0v) is 17.8. The molecular weight excluding hydrogens is 428 g/mol. The summed E-state index contributed by atoms with van der Waals surface area (Å²) in [6.45, 7) is 4.65. The molecule has 0 aromatic heterocycles. The highest BCUT2D eigenvalue weighted by molar-refractivity contribution is 9.10. The third-order valence-electron chi connectivity index (χ3n) is 4.93. The number of amides is 1. The number of carbonyl (C=O) groups excluding carboxylic acids is 1. The summed E-state index contributed by atoms with van der Waals surface area (Å²) in [6.07, 6.45) is 1.04. The lowest BCUT2D eigenvalue weighted by Gasteiger charge is -2.30. The maximum Gasteiger partial charge on any atom is 0.243 e. The number of halogens is 1. The average Bonchev–Trinajstić information content (AvgIpc) is 2.65. The van der Waals surface area contributed by atoms with Gasteiger partial charge in [0.1, 0.15) is 0 Å². The molecule has 1 heterocycles. The Morgan fingerprint density at radius 2 is 1.70 bits per heavy atom. The minimum Gasteiger partial charge on any atom is -0.326 e. The van der Waals surface area contributed by atoms with Crippen molar-refractivity contribution in [2.24, 2.45) is 5.92 Å². The van der Waals surface area contributed by atoms with Crippen molar-refractivity contribution in [2.45, 2.75) is 31.6 Å². The first-order valence-corrected chi connectivity index (χ1v) is 11.1. The molecule has 0 saturated carbocycles. The number of hydrogen-bond donors (Lipinski definition) is 1. The van der Waals surface area contributed by atoms with Crippen molar-refractivity contribution in [2.75, 3.05) is 18.4 Å². The molecule has 0 spiro atoms. The highest BCUT2D eigenvalue weighted by Crippen LogP contribution is 2.26. The summed E-state index contributed by atoms with van der Waals surface area (Å²) in [5.41, 5.74) is 2.93. The minimum atomic E-state index is -3.52. The smallest absolute Gasteiger partial charge is 0.243 e. The van der Waals surface area contributed by atoms with E-state index in [-0.39, 0.29) is 16.7 Å². The van der Waals surface area contributed by atoms with Crippen LogP contribution >= 0.6 is 15.9 Å². The number of hydrogen-bond acceptors (Lipinski definition) is 3. The largest absolute Gasteiger partial charge is 0.326 e. The molecule has 2 aromatic rings. The Hall–Kier alpha value is -1.70. The third kappa shape index (κ3) is 4.59. The van der Waals surface area contributed by atoms with E-state index in [2.05, 4.69) is 21.2 Å². The second kappa shape index (κ2) is 8.12. The van der Waals surface area contributed by atoms with E-state index in [1.165, 1.54) is 4.31 Å². The number of rotatable bonds is 4. The maximum absolute atomic E-state index is 12.8. The van der Waals surface area contributed by atoms with Crippen LogP contribution in [0.1, 0.15) is 24.0 Å². The summed E-state index contributed by atoms with van der Waals surface area (Å²) < 4.78 is 27.8. The second-order valence-electron chi connectivity index (χ2n) is 6.94. The van der Waals surface area contributed by atoms with Gasteiger partial charge in [-0.25, -0.2) is 8.42 Å². The van der Waals surface area contributed by atoms with Crippen LogP contribution in [0.4, 0.5) is 5.69 Å². The molecule has 1 saturated heterocycles. The van der Waals surface area contributed by atoms with Crippen LogP contribution in [0.25, 0.3) is 0 Å². The molecule has 0 aliphatic carbocycles. The summed E-state index contributed by atoms with van der Waals surface area (Å²) in [4.78, 5) is 12.9. The molecule has 1 N–H and O–H groups in total. The van der Waals surface area contributed by atoms with Gasteiger partial charge in [0.25, 0.3) is 0 Å². The van der Waals surface area contributed by atoms with Gasteiger partial charge in [0, 0.05) is 29.2 Å². The van der Waals surface area contributed by atoms with Gasteiger partial charge in [-0.2, -0.15) is 4.31 Å². The van der Waals surface area contributed by atoms with Crippen molar-refractivity contribution in [1.29, 1.82) is 0 Å². The van der Waals surface area contributed by atoms with Gasteiger partial charge in [0.2, 0.25) is 15.9 Å². The summed E-state index contributed by atoms with van der Waals surface area (Å²) in [7, 11) is -3.52. The highest BCUT2D eigenvalue weighted by Gasteiger charge is 2.32. The number of carbonyl (C=O) groups is 1. The van der Waals surface area contributed by atoms with Gasteiger partial charge in [0.05, 0.1) is 4.90 Å². The number of piperidine rings is 1. The van der Waals surface area contributed by atoms with E-state index in [0.717, 1.165) is 21.3 Å². The normalized spacial score (nSPS) is 16.3. The topological polar surface area (TPSA) is 66.5 Å². The molecule has 0 radical (unpaired) electrons. The van der Waals surface area contributed by atoms with Gasteiger partial charge in [-0.3, -0.25) is 4.79 Å². The van der Waals surface area contributed by atoms with Crippen LogP contribution in [0.15, 0.2) is 51.8 Å². The lowest BCUT2D eigenvalue weighted by atomic mass is 9.97. The zero-order valence-electron chi connectivity index (χ0n) is 15.4. The number of benzene rings is 2. The fraction of sp³-hybridized carbons (Fsp3) is 0.350. The Morgan fingerprint density at radius 3 is 2.33 bits per heavy atom. The SMILES string of the molecule is Cc1ccc(C)c(NC(=O)C2CCN(S(=O)(=O)c3ccc(Br)cc3)CC2)c1. The number of sulfonamides is 1. The summed E-state index contributed by atoms with van der Waals surface area (Å²) >= 11 is 3.32. The van der Waals surface area contributed by atoms with Crippen molar-refractivity contribution in [3.63, 3.8) is 0 Å². The number of aryl methyl sites for hydroxylation is 2. The van der Waals surface area contributed by atoms with Crippen molar-refractivity contribution < 1.29 is 13.2 Å². The van der Waals surface area contributed by atoms with Crippen LogP contribution in [0, 0.1) is 19.8 Å². The van der Waals surface area contributed by atoms with Crippen molar-refractivity contribution in [3.05, 3.63) is 58.1 Å². The fourth-order valence-electron chi connectivity index (χ4n) is 3.22. The van der Waals surface area contributed by atoms with Crippen LogP contribution < -0.4 is 5.32 Å².